The van der Waals surface area contributed by atoms with Crippen molar-refractivity contribution in [3.63, 3.8) is 0 Å². The highest BCUT2D eigenvalue weighted by Crippen LogP contribution is 2.10. The summed E-state index contributed by atoms with van der Waals surface area (Å²) in [4.78, 5) is 2.92. The van der Waals surface area contributed by atoms with Crippen molar-refractivity contribution in [3.8, 4) is 0 Å². The van der Waals surface area contributed by atoms with Crippen molar-refractivity contribution in [3.05, 3.63) is 18.3 Å². The smallest absolute Gasteiger partial charge is 0.333 e. The number of halogens is 2. The summed E-state index contributed by atoms with van der Waals surface area (Å²) in [6, 6.07) is 2.27. The summed E-state index contributed by atoms with van der Waals surface area (Å²) in [7, 11) is -4.64. The molecule has 0 aliphatic carbocycles. The first-order chi connectivity index (χ1) is 5.00. The van der Waals surface area contributed by atoms with Crippen LogP contribution in [-0.4, -0.2) is 13.4 Å². The SMILES string of the molecule is Cl.Nc1ccc(S(=O)(=O)F)cn1. The highest BCUT2D eigenvalue weighted by atomic mass is 35.5. The lowest BCUT2D eigenvalue weighted by Crippen LogP contribution is -1.95. The second-order valence-corrected chi connectivity index (χ2v) is 3.20. The van der Waals surface area contributed by atoms with Crippen LogP contribution in [0.25, 0.3) is 0 Å². The number of pyridine rings is 1. The molecule has 0 radical (unpaired) electrons. The third-order valence-corrected chi connectivity index (χ3v) is 1.85. The number of hydrogen-bond donors (Lipinski definition) is 1. The largest absolute Gasteiger partial charge is 0.384 e. The molecule has 0 aliphatic heterocycles. The zero-order chi connectivity index (χ0) is 8.48. The molecule has 0 fully saturated rings. The summed E-state index contributed by atoms with van der Waals surface area (Å²) in [6.07, 6.45) is 0.866. The normalized spacial score (nSPS) is 10.4. The van der Waals surface area contributed by atoms with E-state index in [4.69, 9.17) is 5.73 Å². The summed E-state index contributed by atoms with van der Waals surface area (Å²) >= 11 is 0. The minimum absolute atomic E-state index is 0. The van der Waals surface area contributed by atoms with E-state index >= 15 is 0 Å². The second kappa shape index (κ2) is 3.68. The molecular weight excluding hydrogens is 207 g/mol. The maximum Gasteiger partial charge on any atom is 0.333 e. The quantitative estimate of drug-likeness (QED) is 0.697. The molecule has 0 atom stereocenters. The third kappa shape index (κ3) is 2.63. The Balaban J connectivity index is 0.00000121. The number of nitrogens with zero attached hydrogens (tertiary/aromatic N) is 1. The molecule has 2 N–H and O–H groups in total. The van der Waals surface area contributed by atoms with E-state index in [1.807, 2.05) is 0 Å². The first-order valence-electron chi connectivity index (χ1n) is 2.66. The number of hydrogen-bond acceptors (Lipinski definition) is 4. The van der Waals surface area contributed by atoms with E-state index in [9.17, 15) is 12.3 Å². The Labute approximate surface area is 75.2 Å². The summed E-state index contributed by atoms with van der Waals surface area (Å²) in [5.41, 5.74) is 5.14. The van der Waals surface area contributed by atoms with Crippen LogP contribution in [0.3, 0.4) is 0 Å². The van der Waals surface area contributed by atoms with E-state index in [1.165, 1.54) is 6.07 Å². The Kier molecular flexibility index (Phi) is 3.41. The molecule has 0 amide bonds. The first kappa shape index (κ1) is 11.1. The molecule has 1 heterocycles. The fraction of sp³-hybridized carbons (Fsp3) is 0. The fourth-order valence-corrected chi connectivity index (χ4v) is 0.945. The van der Waals surface area contributed by atoms with E-state index in [0.717, 1.165) is 12.3 Å². The Morgan fingerprint density at radius 3 is 2.33 bits per heavy atom. The van der Waals surface area contributed by atoms with Crippen LogP contribution in [0.4, 0.5) is 9.70 Å². The van der Waals surface area contributed by atoms with E-state index in [0.29, 0.717) is 0 Å². The average molecular weight is 213 g/mol. The van der Waals surface area contributed by atoms with Gasteiger partial charge >= 0.3 is 10.2 Å². The van der Waals surface area contributed by atoms with Gasteiger partial charge in [-0.2, -0.15) is 8.42 Å². The van der Waals surface area contributed by atoms with Crippen molar-refractivity contribution < 1.29 is 12.3 Å². The summed E-state index contributed by atoms with van der Waals surface area (Å²) < 4.78 is 32.5. The van der Waals surface area contributed by atoms with Gasteiger partial charge in [-0.1, -0.05) is 0 Å². The van der Waals surface area contributed by atoms with Gasteiger partial charge in [0.1, 0.15) is 10.7 Å². The van der Waals surface area contributed by atoms with Crippen molar-refractivity contribution in [1.29, 1.82) is 0 Å². The lowest BCUT2D eigenvalue weighted by atomic mass is 10.5. The van der Waals surface area contributed by atoms with E-state index < -0.39 is 15.1 Å². The van der Waals surface area contributed by atoms with Crippen LogP contribution in [0.2, 0.25) is 0 Å². The minimum atomic E-state index is -4.64. The van der Waals surface area contributed by atoms with Crippen LogP contribution < -0.4 is 5.73 Å². The van der Waals surface area contributed by atoms with Gasteiger partial charge < -0.3 is 5.73 Å². The standard InChI is InChI=1S/C5H5FN2O2S.ClH/c6-11(9,10)4-1-2-5(7)8-3-4;/h1-3H,(H2,7,8);1H. The molecule has 0 unspecified atom stereocenters. The summed E-state index contributed by atoms with van der Waals surface area (Å²) in [6.45, 7) is 0. The van der Waals surface area contributed by atoms with Crippen LogP contribution >= 0.6 is 12.4 Å². The molecule has 1 aromatic heterocycles. The predicted octanol–water partition coefficient (Wildman–Crippen LogP) is 0.744. The number of rotatable bonds is 1. The number of nitrogen functional groups attached to an aromatic ring is 1. The van der Waals surface area contributed by atoms with Crippen molar-refractivity contribution in [2.75, 3.05) is 5.73 Å². The molecular formula is C5H6ClFN2O2S. The van der Waals surface area contributed by atoms with Crippen LogP contribution in [0.1, 0.15) is 0 Å². The lowest BCUT2D eigenvalue weighted by molar-refractivity contribution is 0.551. The molecule has 0 bridgehead atoms. The van der Waals surface area contributed by atoms with Crippen molar-refractivity contribution in [2.24, 2.45) is 0 Å². The van der Waals surface area contributed by atoms with Crippen LogP contribution in [0, 0.1) is 0 Å². The Morgan fingerprint density at radius 2 is 2.00 bits per heavy atom. The highest BCUT2D eigenvalue weighted by Gasteiger charge is 2.10. The van der Waals surface area contributed by atoms with E-state index in [1.54, 1.807) is 0 Å². The van der Waals surface area contributed by atoms with Gasteiger partial charge in [-0.15, -0.1) is 16.3 Å². The Morgan fingerprint density at radius 1 is 1.42 bits per heavy atom. The highest BCUT2D eigenvalue weighted by molar-refractivity contribution is 7.86. The molecule has 0 aliphatic rings. The molecule has 12 heavy (non-hydrogen) atoms. The average Bonchev–Trinajstić information content (AvgIpc) is 1.86. The van der Waals surface area contributed by atoms with Crippen molar-refractivity contribution >= 4 is 28.4 Å². The molecule has 0 saturated carbocycles. The third-order valence-electron chi connectivity index (χ3n) is 1.04. The van der Waals surface area contributed by atoms with Crippen LogP contribution in [0.5, 0.6) is 0 Å². The van der Waals surface area contributed by atoms with Gasteiger partial charge in [-0.25, -0.2) is 4.98 Å². The van der Waals surface area contributed by atoms with E-state index in [2.05, 4.69) is 4.98 Å². The maximum absolute atomic E-state index is 12.1. The molecule has 1 aromatic rings. The van der Waals surface area contributed by atoms with Gasteiger partial charge in [-0.05, 0) is 12.1 Å². The molecule has 0 saturated heterocycles. The first-order valence-corrected chi connectivity index (χ1v) is 4.05. The van der Waals surface area contributed by atoms with Gasteiger partial charge in [0.15, 0.2) is 0 Å². The monoisotopic (exact) mass is 212 g/mol. The number of nitrogens with two attached hydrogens (primary N) is 1. The molecule has 4 nitrogen and oxygen atoms in total. The zero-order valence-electron chi connectivity index (χ0n) is 5.77. The fourth-order valence-electron chi connectivity index (χ4n) is 0.536. The Hall–Kier alpha value is -0.880. The lowest BCUT2D eigenvalue weighted by Gasteiger charge is -1.93. The van der Waals surface area contributed by atoms with Gasteiger partial charge in [-0.3, -0.25) is 0 Å². The van der Waals surface area contributed by atoms with Crippen LogP contribution in [0.15, 0.2) is 23.2 Å². The number of aromatic nitrogens is 1. The van der Waals surface area contributed by atoms with Gasteiger partial charge in [0.05, 0.1) is 6.20 Å². The maximum atomic E-state index is 12.1. The molecule has 0 aromatic carbocycles. The molecule has 0 spiro atoms. The van der Waals surface area contributed by atoms with Crippen LogP contribution in [-0.2, 0) is 10.2 Å². The summed E-state index contributed by atoms with van der Waals surface area (Å²) in [5.74, 6) is 0.150. The minimum Gasteiger partial charge on any atom is -0.384 e. The molecule has 68 valence electrons. The van der Waals surface area contributed by atoms with Crippen molar-refractivity contribution in [2.45, 2.75) is 4.90 Å². The zero-order valence-corrected chi connectivity index (χ0v) is 7.40. The van der Waals surface area contributed by atoms with E-state index in [-0.39, 0.29) is 18.2 Å². The van der Waals surface area contributed by atoms with Crippen molar-refractivity contribution in [1.82, 2.24) is 4.98 Å². The topological polar surface area (TPSA) is 73.1 Å². The van der Waals surface area contributed by atoms with Gasteiger partial charge in [0.2, 0.25) is 0 Å². The van der Waals surface area contributed by atoms with Gasteiger partial charge in [0, 0.05) is 0 Å². The predicted molar refractivity (Wildman–Crippen MR) is 44.2 cm³/mol. The molecule has 1 rings (SSSR count). The number of anilines is 1. The second-order valence-electron chi connectivity index (χ2n) is 1.86. The van der Waals surface area contributed by atoms with Gasteiger partial charge in [0.25, 0.3) is 0 Å². The Bertz CT molecular complexity index is 350. The molecule has 7 heteroatoms. The summed E-state index contributed by atoms with van der Waals surface area (Å²) in [5, 5.41) is 0.